The second kappa shape index (κ2) is 11.4. The molecule has 0 spiro atoms. The summed E-state index contributed by atoms with van der Waals surface area (Å²) in [6.45, 7) is 2.01. The number of hydrogen-bond donors (Lipinski definition) is 2. The van der Waals surface area contributed by atoms with Crippen LogP contribution >= 0.6 is 24.0 Å². The van der Waals surface area contributed by atoms with Gasteiger partial charge in [0.2, 0.25) is 0 Å². The molecule has 0 bridgehead atoms. The van der Waals surface area contributed by atoms with Crippen molar-refractivity contribution in [3.63, 3.8) is 0 Å². The first-order valence-corrected chi connectivity index (χ1v) is 8.72. The van der Waals surface area contributed by atoms with E-state index in [4.69, 9.17) is 4.42 Å². The van der Waals surface area contributed by atoms with Crippen molar-refractivity contribution in [2.24, 2.45) is 12.0 Å². The molecule has 144 valence electrons. The molecule has 0 saturated heterocycles. The molecule has 8 heteroatoms. The molecule has 0 aliphatic rings. The van der Waals surface area contributed by atoms with Crippen molar-refractivity contribution in [3.8, 4) is 0 Å². The van der Waals surface area contributed by atoms with Crippen LogP contribution in [0, 0.1) is 0 Å². The molecule has 0 radical (unpaired) electrons. The summed E-state index contributed by atoms with van der Waals surface area (Å²) in [6, 6.07) is 14.3. The number of nitrogens with zero attached hydrogens (tertiary/aromatic N) is 4. The highest BCUT2D eigenvalue weighted by atomic mass is 127. The summed E-state index contributed by atoms with van der Waals surface area (Å²) < 4.78 is 7.10. The van der Waals surface area contributed by atoms with E-state index in [-0.39, 0.29) is 24.0 Å². The maximum atomic E-state index is 5.37. The highest BCUT2D eigenvalue weighted by Gasteiger charge is 2.03. The summed E-state index contributed by atoms with van der Waals surface area (Å²) >= 11 is 0. The van der Waals surface area contributed by atoms with Crippen LogP contribution < -0.4 is 10.6 Å². The third kappa shape index (κ3) is 7.05. The van der Waals surface area contributed by atoms with Crippen molar-refractivity contribution in [1.82, 2.24) is 25.4 Å². The van der Waals surface area contributed by atoms with Crippen molar-refractivity contribution >= 4 is 29.9 Å². The van der Waals surface area contributed by atoms with Crippen molar-refractivity contribution in [1.29, 1.82) is 0 Å². The summed E-state index contributed by atoms with van der Waals surface area (Å²) in [5.41, 5.74) is 1.29. The molecule has 27 heavy (non-hydrogen) atoms. The van der Waals surface area contributed by atoms with Crippen LogP contribution in [0.15, 0.2) is 64.5 Å². The van der Waals surface area contributed by atoms with Gasteiger partial charge in [-0.15, -0.1) is 24.0 Å². The van der Waals surface area contributed by atoms with Crippen molar-refractivity contribution in [2.75, 3.05) is 13.1 Å². The van der Waals surface area contributed by atoms with E-state index in [0.29, 0.717) is 6.54 Å². The lowest BCUT2D eigenvalue weighted by atomic mass is 10.1. The van der Waals surface area contributed by atoms with Crippen molar-refractivity contribution in [2.45, 2.75) is 19.4 Å². The second-order valence-corrected chi connectivity index (χ2v) is 5.88. The Morgan fingerprint density at radius 2 is 1.85 bits per heavy atom. The lowest BCUT2D eigenvalue weighted by Crippen LogP contribution is -2.39. The Labute approximate surface area is 176 Å². The number of halogens is 1. The molecule has 2 N–H and O–H groups in total. The molecule has 0 aliphatic heterocycles. The molecule has 2 heterocycles. The smallest absolute Gasteiger partial charge is 0.191 e. The predicted octanol–water partition coefficient (Wildman–Crippen LogP) is 2.55. The lowest BCUT2D eigenvalue weighted by Gasteiger charge is -2.12. The van der Waals surface area contributed by atoms with Gasteiger partial charge in [0.15, 0.2) is 5.96 Å². The molecule has 0 fully saturated rings. The van der Waals surface area contributed by atoms with Crippen LogP contribution in [0.25, 0.3) is 0 Å². The Bertz CT molecular complexity index is 801. The van der Waals surface area contributed by atoms with Gasteiger partial charge in [0.25, 0.3) is 0 Å². The number of rotatable bonds is 8. The number of aryl methyl sites for hydroxylation is 1. The third-order valence-corrected chi connectivity index (χ3v) is 3.98. The quantitative estimate of drug-likeness (QED) is 0.294. The summed E-state index contributed by atoms with van der Waals surface area (Å²) in [5, 5.41) is 10.8. The summed E-state index contributed by atoms with van der Waals surface area (Å²) in [6.07, 6.45) is 4.97. The van der Waals surface area contributed by atoms with E-state index in [0.717, 1.165) is 43.5 Å². The van der Waals surface area contributed by atoms with Gasteiger partial charge in [0.05, 0.1) is 6.26 Å². The zero-order valence-corrected chi connectivity index (χ0v) is 17.7. The van der Waals surface area contributed by atoms with Gasteiger partial charge in [0, 0.05) is 26.6 Å². The summed E-state index contributed by atoms with van der Waals surface area (Å²) in [7, 11) is 1.87. The van der Waals surface area contributed by atoms with Gasteiger partial charge in [-0.3, -0.25) is 4.68 Å². The first-order chi connectivity index (χ1) is 12.8. The SMILES string of the molecule is Cn1ncnc1CN=C(NCCc1ccccc1)NCCc1ccco1.I. The molecular weight excluding hydrogens is 455 g/mol. The van der Waals surface area contributed by atoms with Crippen LogP contribution in [0.1, 0.15) is 17.1 Å². The largest absolute Gasteiger partial charge is 0.469 e. The summed E-state index contributed by atoms with van der Waals surface area (Å²) in [4.78, 5) is 8.83. The topological polar surface area (TPSA) is 80.3 Å². The van der Waals surface area contributed by atoms with E-state index in [1.54, 1.807) is 10.9 Å². The molecule has 2 aromatic heterocycles. The van der Waals surface area contributed by atoms with E-state index in [1.807, 2.05) is 25.2 Å². The fourth-order valence-electron chi connectivity index (χ4n) is 2.52. The molecular formula is C19H25IN6O. The zero-order chi connectivity index (χ0) is 18.0. The number of guanidine groups is 1. The third-order valence-electron chi connectivity index (χ3n) is 3.98. The van der Waals surface area contributed by atoms with E-state index in [2.05, 4.69) is 50.0 Å². The Hall–Kier alpha value is -2.36. The standard InChI is InChI=1S/C19H24N6O.HI/c1-25-18(23-15-24-25)14-22-19(21-12-10-17-8-5-13-26-17)20-11-9-16-6-3-2-4-7-16;/h2-8,13,15H,9-12,14H2,1H3,(H2,20,21,22);1H. The van der Waals surface area contributed by atoms with Crippen LogP contribution in [0.5, 0.6) is 0 Å². The fraction of sp³-hybridized carbons (Fsp3) is 0.316. The lowest BCUT2D eigenvalue weighted by molar-refractivity contribution is 0.506. The van der Waals surface area contributed by atoms with E-state index < -0.39 is 0 Å². The Balaban J connectivity index is 0.00000261. The zero-order valence-electron chi connectivity index (χ0n) is 15.3. The van der Waals surface area contributed by atoms with Gasteiger partial charge in [-0.2, -0.15) is 5.10 Å². The maximum absolute atomic E-state index is 5.37. The van der Waals surface area contributed by atoms with Crippen LogP contribution in [-0.4, -0.2) is 33.8 Å². The molecule has 1 aromatic carbocycles. The number of benzene rings is 1. The molecule has 3 rings (SSSR count). The van der Waals surface area contributed by atoms with Crippen molar-refractivity contribution < 1.29 is 4.42 Å². The van der Waals surface area contributed by atoms with Gasteiger partial charge in [-0.05, 0) is 24.1 Å². The Morgan fingerprint density at radius 3 is 2.52 bits per heavy atom. The van der Waals surface area contributed by atoms with Crippen LogP contribution in [0.3, 0.4) is 0 Å². The highest BCUT2D eigenvalue weighted by molar-refractivity contribution is 14.0. The molecule has 0 unspecified atom stereocenters. The maximum Gasteiger partial charge on any atom is 0.191 e. The number of nitrogens with one attached hydrogen (secondary N) is 2. The molecule has 0 atom stereocenters. The van der Waals surface area contributed by atoms with Gasteiger partial charge in [0.1, 0.15) is 24.5 Å². The number of aliphatic imine (C=N–C) groups is 1. The minimum atomic E-state index is 0. The molecule has 0 aliphatic carbocycles. The molecule has 3 aromatic rings. The van der Waals surface area contributed by atoms with Crippen LogP contribution in [0.2, 0.25) is 0 Å². The van der Waals surface area contributed by atoms with E-state index in [9.17, 15) is 0 Å². The minimum Gasteiger partial charge on any atom is -0.469 e. The normalized spacial score (nSPS) is 11.1. The van der Waals surface area contributed by atoms with Crippen molar-refractivity contribution in [3.05, 3.63) is 72.2 Å². The Morgan fingerprint density at radius 1 is 1.07 bits per heavy atom. The average Bonchev–Trinajstić information content (AvgIpc) is 3.32. The summed E-state index contributed by atoms with van der Waals surface area (Å²) in [5.74, 6) is 2.53. The first-order valence-electron chi connectivity index (χ1n) is 8.72. The van der Waals surface area contributed by atoms with Crippen LogP contribution in [0.4, 0.5) is 0 Å². The average molecular weight is 480 g/mol. The van der Waals surface area contributed by atoms with Gasteiger partial charge >= 0.3 is 0 Å². The molecule has 0 amide bonds. The fourth-order valence-corrected chi connectivity index (χ4v) is 2.52. The monoisotopic (exact) mass is 480 g/mol. The van der Waals surface area contributed by atoms with Gasteiger partial charge in [-0.25, -0.2) is 9.98 Å². The van der Waals surface area contributed by atoms with E-state index in [1.165, 1.54) is 11.9 Å². The van der Waals surface area contributed by atoms with Gasteiger partial charge in [-0.1, -0.05) is 30.3 Å². The minimum absolute atomic E-state index is 0. The number of hydrogen-bond acceptors (Lipinski definition) is 4. The van der Waals surface area contributed by atoms with E-state index >= 15 is 0 Å². The second-order valence-electron chi connectivity index (χ2n) is 5.88. The Kier molecular flexibility index (Phi) is 8.82. The number of aromatic nitrogens is 3. The van der Waals surface area contributed by atoms with Gasteiger partial charge < -0.3 is 15.1 Å². The highest BCUT2D eigenvalue weighted by Crippen LogP contribution is 2.00. The molecule has 0 saturated carbocycles. The predicted molar refractivity (Wildman–Crippen MR) is 116 cm³/mol. The molecule has 7 nitrogen and oxygen atoms in total. The number of furan rings is 1. The first kappa shape index (κ1) is 20.9. The van der Waals surface area contributed by atoms with Crippen LogP contribution in [-0.2, 0) is 26.4 Å².